The maximum absolute atomic E-state index is 13.6. The number of carbonyl (C=O) groups excluding carboxylic acids is 2. The molecule has 0 unspecified atom stereocenters. The number of rotatable bonds is 6. The zero-order valence-corrected chi connectivity index (χ0v) is 23.2. The van der Waals surface area contributed by atoms with E-state index >= 15 is 0 Å². The first-order chi connectivity index (χ1) is 19.8. The summed E-state index contributed by atoms with van der Waals surface area (Å²) in [4.78, 5) is 44.2. The topological polar surface area (TPSA) is 102 Å². The Labute approximate surface area is 236 Å². The number of benzene rings is 3. The summed E-state index contributed by atoms with van der Waals surface area (Å²) >= 11 is 0. The second kappa shape index (κ2) is 10.6. The fourth-order valence-electron chi connectivity index (χ4n) is 5.79. The van der Waals surface area contributed by atoms with Crippen LogP contribution in [0.5, 0.6) is 5.75 Å². The number of hydrogen-bond acceptors (Lipinski definition) is 6. The van der Waals surface area contributed by atoms with Crippen molar-refractivity contribution >= 4 is 33.7 Å². The van der Waals surface area contributed by atoms with Crippen molar-refractivity contribution in [3.8, 4) is 5.75 Å². The monoisotopic (exact) mass is 550 g/mol. The molecule has 0 spiro atoms. The van der Waals surface area contributed by atoms with Crippen LogP contribution in [0.3, 0.4) is 0 Å². The minimum absolute atomic E-state index is 0.232. The Morgan fingerprint density at radius 3 is 2.59 bits per heavy atom. The second-order valence-electron chi connectivity index (χ2n) is 10.5. The fraction of sp³-hybridized carbons (Fsp3) is 0.242. The number of fused-ring (bicyclic) bond motifs is 4. The van der Waals surface area contributed by atoms with Crippen molar-refractivity contribution in [1.29, 1.82) is 0 Å². The standard InChI is InChI=1S/C33H30N2O6/c1-19-13-28(31-20(2)23(32(37)41-29(31)14-19)15-21-9-5-4-6-10-21)40-18-30(36)35-17-26-24(16-27(35)33(38)39-3)22-11-7-8-12-25(22)34-26/h4-14,27,34H,15-18H2,1-3H3/t27-/m0/s1. The van der Waals surface area contributed by atoms with Crippen molar-refractivity contribution in [2.45, 2.75) is 39.3 Å². The van der Waals surface area contributed by atoms with Crippen molar-refractivity contribution in [1.82, 2.24) is 9.88 Å². The number of para-hydroxylation sites is 1. The number of ether oxygens (including phenoxy) is 2. The molecule has 3 heterocycles. The Morgan fingerprint density at radius 1 is 1.05 bits per heavy atom. The maximum atomic E-state index is 13.6. The number of carbonyl (C=O) groups is 2. The molecule has 8 heteroatoms. The first-order valence-electron chi connectivity index (χ1n) is 13.5. The van der Waals surface area contributed by atoms with Gasteiger partial charge in [-0.3, -0.25) is 4.79 Å². The molecular formula is C33H30N2O6. The van der Waals surface area contributed by atoms with Crippen molar-refractivity contribution in [3.63, 3.8) is 0 Å². The van der Waals surface area contributed by atoms with Crippen molar-refractivity contribution in [3.05, 3.63) is 111 Å². The molecule has 2 aromatic heterocycles. The minimum atomic E-state index is -0.769. The molecule has 208 valence electrons. The van der Waals surface area contributed by atoms with Crippen LogP contribution in [0.4, 0.5) is 0 Å². The number of hydrogen-bond donors (Lipinski definition) is 1. The van der Waals surface area contributed by atoms with Gasteiger partial charge in [-0.25, -0.2) is 9.59 Å². The molecule has 1 atom stereocenters. The summed E-state index contributed by atoms with van der Waals surface area (Å²) in [5.41, 5.74) is 5.98. The molecule has 1 amide bonds. The van der Waals surface area contributed by atoms with Crippen LogP contribution in [-0.4, -0.2) is 41.5 Å². The van der Waals surface area contributed by atoms with Gasteiger partial charge in [0.25, 0.3) is 5.91 Å². The van der Waals surface area contributed by atoms with Crippen LogP contribution in [0, 0.1) is 13.8 Å². The van der Waals surface area contributed by atoms with E-state index in [0.29, 0.717) is 35.1 Å². The number of aromatic amines is 1. The molecule has 1 aliphatic rings. The van der Waals surface area contributed by atoms with Crippen LogP contribution < -0.4 is 10.4 Å². The van der Waals surface area contributed by atoms with Crippen LogP contribution in [0.15, 0.2) is 75.9 Å². The van der Waals surface area contributed by atoms with Crippen LogP contribution in [0.2, 0.25) is 0 Å². The normalized spacial score (nSPS) is 14.7. The predicted octanol–water partition coefficient (Wildman–Crippen LogP) is 4.99. The molecule has 0 aliphatic carbocycles. The Hall–Kier alpha value is -4.85. The van der Waals surface area contributed by atoms with Crippen LogP contribution in [0.1, 0.15) is 33.5 Å². The third-order valence-electron chi connectivity index (χ3n) is 7.86. The molecule has 0 saturated heterocycles. The van der Waals surface area contributed by atoms with Gasteiger partial charge in [0.15, 0.2) is 6.61 Å². The highest BCUT2D eigenvalue weighted by atomic mass is 16.5. The molecule has 0 fully saturated rings. The smallest absolute Gasteiger partial charge is 0.340 e. The molecule has 5 aromatic rings. The first kappa shape index (κ1) is 26.4. The average Bonchev–Trinajstić information content (AvgIpc) is 3.34. The zero-order chi connectivity index (χ0) is 28.7. The number of aromatic nitrogens is 1. The Bertz CT molecular complexity index is 1850. The minimum Gasteiger partial charge on any atom is -0.483 e. The van der Waals surface area contributed by atoms with E-state index < -0.39 is 17.6 Å². The Kier molecular flexibility index (Phi) is 6.83. The molecular weight excluding hydrogens is 520 g/mol. The highest BCUT2D eigenvalue weighted by molar-refractivity contribution is 5.91. The van der Waals surface area contributed by atoms with Gasteiger partial charge in [-0.2, -0.15) is 0 Å². The highest BCUT2D eigenvalue weighted by Gasteiger charge is 2.37. The van der Waals surface area contributed by atoms with Crippen LogP contribution in [0.25, 0.3) is 21.9 Å². The molecule has 0 bridgehead atoms. The van der Waals surface area contributed by atoms with Gasteiger partial charge in [0.05, 0.1) is 19.0 Å². The number of esters is 1. The van der Waals surface area contributed by atoms with E-state index in [1.165, 1.54) is 12.0 Å². The molecule has 1 N–H and O–H groups in total. The Morgan fingerprint density at radius 2 is 1.80 bits per heavy atom. The fourth-order valence-corrected chi connectivity index (χ4v) is 5.79. The lowest BCUT2D eigenvalue weighted by atomic mass is 9.96. The quantitative estimate of drug-likeness (QED) is 0.236. The summed E-state index contributed by atoms with van der Waals surface area (Å²) < 4.78 is 16.9. The lowest BCUT2D eigenvalue weighted by Gasteiger charge is -2.33. The summed E-state index contributed by atoms with van der Waals surface area (Å²) in [5.74, 6) is -0.376. The van der Waals surface area contributed by atoms with Crippen LogP contribution >= 0.6 is 0 Å². The van der Waals surface area contributed by atoms with Gasteiger partial charge in [0, 0.05) is 35.0 Å². The molecule has 3 aromatic carbocycles. The third kappa shape index (κ3) is 4.86. The van der Waals surface area contributed by atoms with Crippen molar-refractivity contribution in [2.75, 3.05) is 13.7 Å². The van der Waals surface area contributed by atoms with Gasteiger partial charge >= 0.3 is 11.6 Å². The lowest BCUT2D eigenvalue weighted by Crippen LogP contribution is -2.50. The molecule has 6 rings (SSSR count). The number of nitrogens with one attached hydrogen (secondary N) is 1. The molecule has 0 radical (unpaired) electrons. The maximum Gasteiger partial charge on any atom is 0.340 e. The number of H-pyrrole nitrogens is 1. The van der Waals surface area contributed by atoms with Gasteiger partial charge in [0.2, 0.25) is 0 Å². The van der Waals surface area contributed by atoms with Gasteiger partial charge in [-0.05, 0) is 54.3 Å². The summed E-state index contributed by atoms with van der Waals surface area (Å²) in [6.45, 7) is 3.68. The molecule has 1 aliphatic heterocycles. The molecule has 0 saturated carbocycles. The van der Waals surface area contributed by atoms with Crippen LogP contribution in [-0.2, 0) is 33.7 Å². The number of aryl methyl sites for hydroxylation is 2. The van der Waals surface area contributed by atoms with Gasteiger partial charge in [-0.1, -0.05) is 48.5 Å². The van der Waals surface area contributed by atoms with E-state index in [9.17, 15) is 14.4 Å². The van der Waals surface area contributed by atoms with Crippen molar-refractivity contribution in [2.24, 2.45) is 0 Å². The SMILES string of the molecule is COC(=O)[C@@H]1Cc2c([nH]c3ccccc23)CN1C(=O)COc1cc(C)cc2oc(=O)c(Cc3ccccc3)c(C)c12. The van der Waals surface area contributed by atoms with E-state index in [-0.39, 0.29) is 19.1 Å². The molecule has 8 nitrogen and oxygen atoms in total. The second-order valence-corrected chi connectivity index (χ2v) is 10.5. The summed E-state index contributed by atoms with van der Waals surface area (Å²) in [6, 6.07) is 20.4. The highest BCUT2D eigenvalue weighted by Crippen LogP contribution is 2.33. The Balaban J connectivity index is 1.31. The van der Waals surface area contributed by atoms with E-state index in [1.807, 2.05) is 74.5 Å². The number of methoxy groups -OCH3 is 1. The summed E-state index contributed by atoms with van der Waals surface area (Å²) in [6.07, 6.45) is 0.761. The summed E-state index contributed by atoms with van der Waals surface area (Å²) in [5, 5.41) is 1.68. The molecule has 41 heavy (non-hydrogen) atoms. The van der Waals surface area contributed by atoms with E-state index in [2.05, 4.69) is 4.98 Å². The van der Waals surface area contributed by atoms with Gasteiger partial charge < -0.3 is 23.8 Å². The number of amides is 1. The van der Waals surface area contributed by atoms with Gasteiger partial charge in [-0.15, -0.1) is 0 Å². The predicted molar refractivity (Wildman–Crippen MR) is 155 cm³/mol. The van der Waals surface area contributed by atoms with E-state index in [1.54, 1.807) is 6.07 Å². The van der Waals surface area contributed by atoms with Crippen molar-refractivity contribution < 1.29 is 23.5 Å². The van der Waals surface area contributed by atoms with E-state index in [4.69, 9.17) is 13.9 Å². The summed E-state index contributed by atoms with van der Waals surface area (Å²) in [7, 11) is 1.33. The lowest BCUT2D eigenvalue weighted by molar-refractivity contribution is -0.154. The average molecular weight is 551 g/mol. The van der Waals surface area contributed by atoms with E-state index in [0.717, 1.165) is 38.9 Å². The largest absolute Gasteiger partial charge is 0.483 e. The number of nitrogens with zero attached hydrogens (tertiary/aromatic N) is 1. The third-order valence-corrected chi connectivity index (χ3v) is 7.86. The van der Waals surface area contributed by atoms with Gasteiger partial charge in [0.1, 0.15) is 17.4 Å². The first-order valence-corrected chi connectivity index (χ1v) is 13.5. The zero-order valence-electron chi connectivity index (χ0n) is 23.2.